The Balaban J connectivity index is 1.68. The van der Waals surface area contributed by atoms with E-state index in [1.165, 1.54) is 28.4 Å². The van der Waals surface area contributed by atoms with Gasteiger partial charge in [-0.3, -0.25) is 0 Å². The highest BCUT2D eigenvalue weighted by molar-refractivity contribution is 9.10. The zero-order valence-corrected chi connectivity index (χ0v) is 14.7. The molecule has 1 aromatic rings. The maximum Gasteiger partial charge on any atom is 0.0692 e. The minimum atomic E-state index is 0.108. The summed E-state index contributed by atoms with van der Waals surface area (Å²) in [5.74, 6) is 0. The van der Waals surface area contributed by atoms with Gasteiger partial charge in [-0.2, -0.15) is 0 Å². The third-order valence-corrected chi connectivity index (χ3v) is 5.89. The zero-order chi connectivity index (χ0) is 14.9. The Hall–Kier alpha value is -0.380. The van der Waals surface area contributed by atoms with Crippen molar-refractivity contribution < 1.29 is 4.74 Å². The van der Waals surface area contributed by atoms with E-state index in [1.54, 1.807) is 0 Å². The zero-order valence-electron chi connectivity index (χ0n) is 13.1. The molecule has 1 N–H and O–H groups in total. The van der Waals surface area contributed by atoms with Crippen LogP contribution in [0.4, 0.5) is 0 Å². The molecular formula is C18H26BrNO. The monoisotopic (exact) mass is 351 g/mol. The molecule has 0 amide bonds. The third-order valence-electron chi connectivity index (χ3n) is 5.40. The predicted molar refractivity (Wildman–Crippen MR) is 90.6 cm³/mol. The van der Waals surface area contributed by atoms with Gasteiger partial charge < -0.3 is 10.1 Å². The number of hydrogen-bond acceptors (Lipinski definition) is 2. The fourth-order valence-electron chi connectivity index (χ4n) is 3.96. The average molecular weight is 352 g/mol. The van der Waals surface area contributed by atoms with Crippen molar-refractivity contribution in [3.63, 3.8) is 0 Å². The van der Waals surface area contributed by atoms with Crippen molar-refractivity contribution in [3.8, 4) is 0 Å². The van der Waals surface area contributed by atoms with Crippen molar-refractivity contribution >= 4 is 15.9 Å². The standard InChI is InChI=1S/C18H26BrNO/c1-3-18(4-2)12-15(9-10-21-18)20-17-8-5-13-11-14(19)6-7-16(13)17/h6-7,11,15,17,20H,3-5,8-10,12H2,1-2H3. The minimum Gasteiger partial charge on any atom is -0.375 e. The smallest absolute Gasteiger partial charge is 0.0692 e. The van der Waals surface area contributed by atoms with Gasteiger partial charge in [0.2, 0.25) is 0 Å². The van der Waals surface area contributed by atoms with E-state index in [4.69, 9.17) is 4.74 Å². The number of nitrogens with one attached hydrogen (secondary N) is 1. The molecule has 116 valence electrons. The predicted octanol–water partition coefficient (Wildman–Crippen LogP) is 4.76. The summed E-state index contributed by atoms with van der Waals surface area (Å²) in [6, 6.07) is 7.87. The van der Waals surface area contributed by atoms with Gasteiger partial charge in [0.05, 0.1) is 5.60 Å². The first-order chi connectivity index (χ1) is 10.2. The Kier molecular flexibility index (Phi) is 4.72. The van der Waals surface area contributed by atoms with Crippen molar-refractivity contribution in [2.75, 3.05) is 6.61 Å². The summed E-state index contributed by atoms with van der Waals surface area (Å²) in [4.78, 5) is 0. The molecule has 0 saturated carbocycles. The lowest BCUT2D eigenvalue weighted by Crippen LogP contribution is -2.47. The van der Waals surface area contributed by atoms with E-state index in [0.717, 1.165) is 32.3 Å². The fraction of sp³-hybridized carbons (Fsp3) is 0.667. The number of halogens is 1. The molecule has 2 nitrogen and oxygen atoms in total. The van der Waals surface area contributed by atoms with E-state index in [2.05, 4.69) is 53.3 Å². The Bertz CT molecular complexity index is 498. The molecule has 2 unspecified atom stereocenters. The minimum absolute atomic E-state index is 0.108. The molecule has 3 rings (SSSR count). The summed E-state index contributed by atoms with van der Waals surface area (Å²) < 4.78 is 7.30. The normalized spacial score (nSPS) is 27.6. The molecule has 0 bridgehead atoms. The van der Waals surface area contributed by atoms with E-state index in [-0.39, 0.29) is 5.60 Å². The van der Waals surface area contributed by atoms with Crippen LogP contribution in [-0.4, -0.2) is 18.2 Å². The summed E-state index contributed by atoms with van der Waals surface area (Å²) in [6.07, 6.45) is 6.97. The van der Waals surface area contributed by atoms with Crippen LogP contribution in [0, 0.1) is 0 Å². The molecule has 0 aromatic heterocycles. The Morgan fingerprint density at radius 2 is 2.10 bits per heavy atom. The highest BCUT2D eigenvalue weighted by atomic mass is 79.9. The van der Waals surface area contributed by atoms with Crippen LogP contribution in [0.1, 0.15) is 63.1 Å². The number of rotatable bonds is 4. The summed E-state index contributed by atoms with van der Waals surface area (Å²) in [6.45, 7) is 5.42. The second-order valence-electron chi connectivity index (χ2n) is 6.53. The second kappa shape index (κ2) is 6.39. The number of benzene rings is 1. The lowest BCUT2D eigenvalue weighted by Gasteiger charge is -2.41. The Labute approximate surface area is 136 Å². The summed E-state index contributed by atoms with van der Waals surface area (Å²) in [7, 11) is 0. The average Bonchev–Trinajstić information content (AvgIpc) is 2.89. The topological polar surface area (TPSA) is 21.3 Å². The Morgan fingerprint density at radius 3 is 2.86 bits per heavy atom. The highest BCUT2D eigenvalue weighted by Crippen LogP contribution is 2.36. The highest BCUT2D eigenvalue weighted by Gasteiger charge is 2.36. The maximum atomic E-state index is 6.10. The fourth-order valence-corrected chi connectivity index (χ4v) is 4.37. The summed E-state index contributed by atoms with van der Waals surface area (Å²) in [5.41, 5.74) is 3.12. The molecule has 3 heteroatoms. The van der Waals surface area contributed by atoms with Gasteiger partial charge in [0, 0.05) is 23.2 Å². The quantitative estimate of drug-likeness (QED) is 0.843. The van der Waals surface area contributed by atoms with Crippen LogP contribution in [0.25, 0.3) is 0 Å². The molecule has 1 fully saturated rings. The summed E-state index contributed by atoms with van der Waals surface area (Å²) in [5, 5.41) is 3.92. The van der Waals surface area contributed by atoms with Crippen LogP contribution in [0.15, 0.2) is 22.7 Å². The van der Waals surface area contributed by atoms with E-state index in [1.807, 2.05) is 0 Å². The second-order valence-corrected chi connectivity index (χ2v) is 7.45. The molecule has 21 heavy (non-hydrogen) atoms. The van der Waals surface area contributed by atoms with Crippen LogP contribution >= 0.6 is 15.9 Å². The van der Waals surface area contributed by atoms with Crippen molar-refractivity contribution in [1.82, 2.24) is 5.32 Å². The lowest BCUT2D eigenvalue weighted by molar-refractivity contribution is -0.0941. The van der Waals surface area contributed by atoms with Gasteiger partial charge in [-0.1, -0.05) is 35.8 Å². The number of aryl methyl sites for hydroxylation is 1. The molecular weight excluding hydrogens is 326 g/mol. The van der Waals surface area contributed by atoms with E-state index < -0.39 is 0 Å². The van der Waals surface area contributed by atoms with Crippen LogP contribution in [0.5, 0.6) is 0 Å². The van der Waals surface area contributed by atoms with Gasteiger partial charge in [-0.15, -0.1) is 0 Å². The largest absolute Gasteiger partial charge is 0.375 e. The van der Waals surface area contributed by atoms with Gasteiger partial charge in [0.25, 0.3) is 0 Å². The van der Waals surface area contributed by atoms with Crippen molar-refractivity contribution in [2.24, 2.45) is 0 Å². The van der Waals surface area contributed by atoms with Gasteiger partial charge >= 0.3 is 0 Å². The van der Waals surface area contributed by atoms with Crippen molar-refractivity contribution in [1.29, 1.82) is 0 Å². The van der Waals surface area contributed by atoms with Gasteiger partial charge in [-0.05, 0) is 61.8 Å². The first-order valence-corrected chi connectivity index (χ1v) is 9.13. The van der Waals surface area contributed by atoms with Crippen molar-refractivity contribution in [3.05, 3.63) is 33.8 Å². The van der Waals surface area contributed by atoms with Crippen LogP contribution in [0.2, 0.25) is 0 Å². The first kappa shape index (κ1) is 15.5. The van der Waals surface area contributed by atoms with Crippen LogP contribution < -0.4 is 5.32 Å². The molecule has 1 saturated heterocycles. The number of fused-ring (bicyclic) bond motifs is 1. The molecule has 1 heterocycles. The van der Waals surface area contributed by atoms with E-state index in [0.29, 0.717) is 12.1 Å². The molecule has 0 radical (unpaired) electrons. The molecule has 1 aliphatic carbocycles. The SMILES string of the molecule is CCC1(CC)CC(NC2CCc3cc(Br)ccc32)CCO1. The molecule has 2 aliphatic rings. The van der Waals surface area contributed by atoms with Crippen LogP contribution in [0.3, 0.4) is 0 Å². The van der Waals surface area contributed by atoms with Gasteiger partial charge in [0.1, 0.15) is 0 Å². The van der Waals surface area contributed by atoms with Crippen LogP contribution in [-0.2, 0) is 11.2 Å². The molecule has 0 spiro atoms. The molecule has 1 aromatic carbocycles. The van der Waals surface area contributed by atoms with E-state index >= 15 is 0 Å². The Morgan fingerprint density at radius 1 is 1.29 bits per heavy atom. The number of hydrogen-bond donors (Lipinski definition) is 1. The first-order valence-electron chi connectivity index (χ1n) is 8.34. The summed E-state index contributed by atoms with van der Waals surface area (Å²) >= 11 is 3.58. The van der Waals surface area contributed by atoms with Gasteiger partial charge in [0.15, 0.2) is 0 Å². The van der Waals surface area contributed by atoms with E-state index in [9.17, 15) is 0 Å². The third kappa shape index (κ3) is 3.20. The van der Waals surface area contributed by atoms with Gasteiger partial charge in [-0.25, -0.2) is 0 Å². The number of ether oxygens (including phenoxy) is 1. The molecule has 1 aliphatic heterocycles. The lowest BCUT2D eigenvalue weighted by atomic mass is 9.85. The van der Waals surface area contributed by atoms with Crippen molar-refractivity contribution in [2.45, 2.75) is 70.1 Å². The molecule has 2 atom stereocenters. The maximum absolute atomic E-state index is 6.10.